The Hall–Kier alpha value is -0.770. The van der Waals surface area contributed by atoms with Crippen molar-refractivity contribution < 1.29 is 0 Å². The van der Waals surface area contributed by atoms with Crippen LogP contribution in [0.5, 0.6) is 0 Å². The van der Waals surface area contributed by atoms with Gasteiger partial charge in [-0.25, -0.2) is 0 Å². The SMILES string of the molecule is CC(Cc1cccs1)NC1CSCc2ccccc21. The van der Waals surface area contributed by atoms with E-state index in [9.17, 15) is 0 Å². The van der Waals surface area contributed by atoms with Crippen LogP contribution >= 0.6 is 23.1 Å². The molecule has 1 aliphatic heterocycles. The number of nitrogens with one attached hydrogen (secondary N) is 1. The molecule has 0 amide bonds. The van der Waals surface area contributed by atoms with Gasteiger partial charge in [0.25, 0.3) is 0 Å². The third-order valence-corrected chi connectivity index (χ3v) is 5.53. The van der Waals surface area contributed by atoms with Crippen molar-refractivity contribution in [2.24, 2.45) is 0 Å². The summed E-state index contributed by atoms with van der Waals surface area (Å²) in [6.45, 7) is 2.29. The molecule has 19 heavy (non-hydrogen) atoms. The maximum absolute atomic E-state index is 3.80. The molecule has 3 rings (SSSR count). The zero-order chi connectivity index (χ0) is 13.1. The Bertz CT molecular complexity index is 521. The molecular weight excluding hydrogens is 270 g/mol. The topological polar surface area (TPSA) is 12.0 Å². The second-order valence-corrected chi connectivity index (χ2v) is 7.18. The summed E-state index contributed by atoms with van der Waals surface area (Å²) in [5.41, 5.74) is 3.00. The molecule has 0 fully saturated rings. The average molecular weight is 289 g/mol. The van der Waals surface area contributed by atoms with Gasteiger partial charge in [0.05, 0.1) is 0 Å². The van der Waals surface area contributed by atoms with Gasteiger partial charge in [0.1, 0.15) is 0 Å². The van der Waals surface area contributed by atoms with E-state index < -0.39 is 0 Å². The Kier molecular flexibility index (Phi) is 4.26. The molecule has 1 aliphatic rings. The first-order valence-corrected chi connectivity index (χ1v) is 8.80. The summed E-state index contributed by atoms with van der Waals surface area (Å²) in [6.07, 6.45) is 1.13. The second kappa shape index (κ2) is 6.12. The van der Waals surface area contributed by atoms with Crippen molar-refractivity contribution in [3.05, 3.63) is 57.8 Å². The first kappa shape index (κ1) is 13.2. The lowest BCUT2D eigenvalue weighted by Gasteiger charge is -2.28. The van der Waals surface area contributed by atoms with Crippen molar-refractivity contribution in [2.45, 2.75) is 31.2 Å². The molecule has 0 radical (unpaired) electrons. The minimum Gasteiger partial charge on any atom is -0.306 e. The first-order chi connectivity index (χ1) is 9.33. The van der Waals surface area contributed by atoms with Gasteiger partial charge >= 0.3 is 0 Å². The van der Waals surface area contributed by atoms with E-state index in [1.165, 1.54) is 21.8 Å². The summed E-state index contributed by atoms with van der Waals surface area (Å²) in [5, 5.41) is 5.96. The van der Waals surface area contributed by atoms with Crippen molar-refractivity contribution in [3.8, 4) is 0 Å². The van der Waals surface area contributed by atoms with E-state index in [4.69, 9.17) is 0 Å². The molecule has 1 N–H and O–H groups in total. The van der Waals surface area contributed by atoms with Gasteiger partial charge in [-0.2, -0.15) is 11.8 Å². The van der Waals surface area contributed by atoms with E-state index in [1.807, 2.05) is 23.1 Å². The lowest BCUT2D eigenvalue weighted by molar-refractivity contribution is 0.480. The lowest BCUT2D eigenvalue weighted by Crippen LogP contribution is -2.35. The van der Waals surface area contributed by atoms with Crippen LogP contribution in [0.25, 0.3) is 0 Å². The van der Waals surface area contributed by atoms with Crippen molar-refractivity contribution in [3.63, 3.8) is 0 Å². The monoisotopic (exact) mass is 289 g/mol. The highest BCUT2D eigenvalue weighted by Crippen LogP contribution is 2.31. The van der Waals surface area contributed by atoms with Crippen LogP contribution in [0.4, 0.5) is 0 Å². The molecule has 0 saturated carbocycles. The van der Waals surface area contributed by atoms with Crippen LogP contribution in [0.15, 0.2) is 41.8 Å². The largest absolute Gasteiger partial charge is 0.306 e. The molecule has 3 heteroatoms. The van der Waals surface area contributed by atoms with Crippen LogP contribution in [-0.4, -0.2) is 11.8 Å². The standard InChI is InChI=1S/C16H19NS2/c1-12(9-14-6-4-8-19-14)17-16-11-18-10-13-5-2-3-7-15(13)16/h2-8,12,16-17H,9-11H2,1H3. The predicted molar refractivity (Wildman–Crippen MR) is 86.0 cm³/mol. The third kappa shape index (κ3) is 3.22. The molecular formula is C16H19NS2. The molecule has 2 aromatic rings. The zero-order valence-corrected chi connectivity index (χ0v) is 12.8. The van der Waals surface area contributed by atoms with E-state index in [1.54, 1.807) is 0 Å². The number of hydrogen-bond donors (Lipinski definition) is 1. The molecule has 2 atom stereocenters. The summed E-state index contributed by atoms with van der Waals surface area (Å²) in [6, 6.07) is 14.3. The molecule has 0 aliphatic carbocycles. The van der Waals surface area contributed by atoms with E-state index in [0.29, 0.717) is 12.1 Å². The number of thioether (sulfide) groups is 1. The molecule has 0 spiro atoms. The summed E-state index contributed by atoms with van der Waals surface area (Å²) >= 11 is 3.89. The lowest BCUT2D eigenvalue weighted by atomic mass is 10.0. The van der Waals surface area contributed by atoms with E-state index in [0.717, 1.165) is 12.2 Å². The average Bonchev–Trinajstić information content (AvgIpc) is 2.92. The van der Waals surface area contributed by atoms with Gasteiger partial charge in [0.2, 0.25) is 0 Å². The first-order valence-electron chi connectivity index (χ1n) is 6.77. The number of fused-ring (bicyclic) bond motifs is 1. The van der Waals surface area contributed by atoms with E-state index in [-0.39, 0.29) is 0 Å². The minimum atomic E-state index is 0.505. The summed E-state index contributed by atoms with van der Waals surface area (Å²) in [5.74, 6) is 2.35. The molecule has 1 aromatic heterocycles. The zero-order valence-electron chi connectivity index (χ0n) is 11.1. The van der Waals surface area contributed by atoms with Gasteiger partial charge < -0.3 is 5.32 Å². The van der Waals surface area contributed by atoms with Gasteiger partial charge in [-0.05, 0) is 35.9 Å². The summed E-state index contributed by atoms with van der Waals surface area (Å²) < 4.78 is 0. The Balaban J connectivity index is 1.67. The molecule has 1 nitrogen and oxygen atoms in total. The molecule has 1 aromatic carbocycles. The number of rotatable bonds is 4. The molecule has 100 valence electrons. The minimum absolute atomic E-state index is 0.505. The fourth-order valence-electron chi connectivity index (χ4n) is 2.65. The van der Waals surface area contributed by atoms with Crippen LogP contribution in [0.1, 0.15) is 29.0 Å². The van der Waals surface area contributed by atoms with Crippen LogP contribution in [-0.2, 0) is 12.2 Å². The number of thiophene rings is 1. The quantitative estimate of drug-likeness (QED) is 0.902. The Labute approximate surface area is 123 Å². The van der Waals surface area contributed by atoms with Crippen LogP contribution < -0.4 is 5.32 Å². The van der Waals surface area contributed by atoms with Crippen molar-refractivity contribution in [1.82, 2.24) is 5.32 Å². The second-order valence-electron chi connectivity index (χ2n) is 5.12. The number of hydrogen-bond acceptors (Lipinski definition) is 3. The highest BCUT2D eigenvalue weighted by atomic mass is 32.2. The van der Waals surface area contributed by atoms with Crippen LogP contribution in [0, 0.1) is 0 Å². The fraction of sp³-hybridized carbons (Fsp3) is 0.375. The van der Waals surface area contributed by atoms with Gasteiger partial charge in [-0.1, -0.05) is 30.3 Å². The Morgan fingerprint density at radius 1 is 1.26 bits per heavy atom. The molecule has 0 bridgehead atoms. The highest BCUT2D eigenvalue weighted by Gasteiger charge is 2.21. The summed E-state index contributed by atoms with van der Waals surface area (Å²) in [7, 11) is 0. The Morgan fingerprint density at radius 2 is 2.16 bits per heavy atom. The van der Waals surface area contributed by atoms with Gasteiger partial charge in [-0.3, -0.25) is 0 Å². The van der Waals surface area contributed by atoms with Crippen molar-refractivity contribution in [1.29, 1.82) is 0 Å². The van der Waals surface area contributed by atoms with Crippen LogP contribution in [0.3, 0.4) is 0 Å². The molecule has 2 heterocycles. The van der Waals surface area contributed by atoms with E-state index >= 15 is 0 Å². The summed E-state index contributed by atoms with van der Waals surface area (Å²) in [4.78, 5) is 1.47. The highest BCUT2D eigenvalue weighted by molar-refractivity contribution is 7.98. The fourth-order valence-corrected chi connectivity index (χ4v) is 4.60. The maximum atomic E-state index is 3.80. The smallest absolute Gasteiger partial charge is 0.0417 e. The molecule has 0 saturated heterocycles. The van der Waals surface area contributed by atoms with Crippen LogP contribution in [0.2, 0.25) is 0 Å². The van der Waals surface area contributed by atoms with E-state index in [2.05, 4.69) is 54.0 Å². The predicted octanol–water partition coefficient (Wildman–Crippen LogP) is 4.26. The van der Waals surface area contributed by atoms with Gasteiger partial charge in [-0.15, -0.1) is 11.3 Å². The van der Waals surface area contributed by atoms with Crippen molar-refractivity contribution >= 4 is 23.1 Å². The Morgan fingerprint density at radius 3 is 3.00 bits per heavy atom. The third-order valence-electron chi connectivity index (χ3n) is 3.55. The van der Waals surface area contributed by atoms with Gasteiger partial charge in [0.15, 0.2) is 0 Å². The maximum Gasteiger partial charge on any atom is 0.0417 e. The normalized spacial score (nSPS) is 19.9. The van der Waals surface area contributed by atoms with Crippen molar-refractivity contribution in [2.75, 3.05) is 5.75 Å². The number of benzene rings is 1. The van der Waals surface area contributed by atoms with Gasteiger partial charge in [0, 0.05) is 28.5 Å². The molecule has 2 unspecified atom stereocenters.